The number of carbonyl (C=O) groups excluding carboxylic acids is 1. The molecule has 0 N–H and O–H groups in total. The summed E-state index contributed by atoms with van der Waals surface area (Å²) < 4.78 is 20.7. The van der Waals surface area contributed by atoms with E-state index in [0.717, 1.165) is 0 Å². The predicted molar refractivity (Wildman–Crippen MR) is 70.6 cm³/mol. The van der Waals surface area contributed by atoms with Gasteiger partial charge in [0.15, 0.2) is 0 Å². The molecule has 0 heterocycles. The summed E-state index contributed by atoms with van der Waals surface area (Å²) in [5.41, 5.74) is 0.404. The molecule has 0 atom stereocenters. The summed E-state index contributed by atoms with van der Waals surface area (Å²) in [6.07, 6.45) is -0.433. The maximum atomic E-state index is 12.1. The van der Waals surface area contributed by atoms with E-state index in [9.17, 15) is 4.79 Å². The highest BCUT2D eigenvalue weighted by atomic mass is 16.6. The van der Waals surface area contributed by atoms with Gasteiger partial charge in [0, 0.05) is 14.2 Å². The van der Waals surface area contributed by atoms with Crippen LogP contribution < -0.4 is 4.74 Å². The van der Waals surface area contributed by atoms with Crippen molar-refractivity contribution in [2.75, 3.05) is 34.0 Å². The molecule has 19 heavy (non-hydrogen) atoms. The van der Waals surface area contributed by atoms with Crippen LogP contribution in [-0.4, -0.2) is 46.1 Å². The molecule has 0 fully saturated rings. The Kier molecular flexibility index (Phi) is 6.92. The van der Waals surface area contributed by atoms with E-state index in [1.807, 2.05) is 13.0 Å². The zero-order valence-electron chi connectivity index (χ0n) is 11.5. The Morgan fingerprint density at radius 2 is 1.79 bits per heavy atom. The van der Waals surface area contributed by atoms with Gasteiger partial charge in [-0.25, -0.2) is 4.79 Å². The van der Waals surface area contributed by atoms with Crippen LogP contribution in [-0.2, 0) is 14.2 Å². The molecule has 0 saturated heterocycles. The maximum absolute atomic E-state index is 12.1. The zero-order chi connectivity index (χ0) is 14.1. The van der Waals surface area contributed by atoms with E-state index >= 15 is 0 Å². The molecule has 0 amide bonds. The second-order valence-corrected chi connectivity index (χ2v) is 3.87. The molecule has 1 rings (SSSR count). The minimum atomic E-state index is -0.442. The first kappa shape index (κ1) is 15.5. The third kappa shape index (κ3) is 4.89. The number of methoxy groups -OCH3 is 2. The second kappa shape index (κ2) is 8.50. The minimum absolute atomic E-state index is 0.288. The molecule has 0 aliphatic heterocycles. The Hall–Kier alpha value is -1.59. The van der Waals surface area contributed by atoms with Gasteiger partial charge in [0.25, 0.3) is 0 Å². The first-order valence-corrected chi connectivity index (χ1v) is 6.13. The number of carbonyl (C=O) groups is 1. The number of benzene rings is 1. The topological polar surface area (TPSA) is 54.0 Å². The van der Waals surface area contributed by atoms with Crippen molar-refractivity contribution in [1.29, 1.82) is 0 Å². The van der Waals surface area contributed by atoms with Crippen LogP contribution in [0.5, 0.6) is 5.75 Å². The molecular weight excluding hydrogens is 248 g/mol. The van der Waals surface area contributed by atoms with Crippen molar-refractivity contribution in [2.24, 2.45) is 0 Å². The highest BCUT2D eigenvalue weighted by molar-refractivity contribution is 5.92. The number of para-hydroxylation sites is 1. The molecule has 0 spiro atoms. The van der Waals surface area contributed by atoms with Crippen LogP contribution in [0.1, 0.15) is 17.3 Å². The standard InChI is InChI=1S/C14H20O5/c1-4-18-13-8-6-5-7-12(13)14(15)19-11(9-16-2)10-17-3/h5-8,11H,4,9-10H2,1-3H3. The molecule has 1 aromatic carbocycles. The summed E-state index contributed by atoms with van der Waals surface area (Å²) in [6, 6.07) is 6.98. The molecule has 0 aromatic heterocycles. The lowest BCUT2D eigenvalue weighted by Crippen LogP contribution is -2.27. The van der Waals surface area contributed by atoms with E-state index < -0.39 is 12.1 Å². The van der Waals surface area contributed by atoms with Gasteiger partial charge in [-0.3, -0.25) is 0 Å². The molecule has 0 saturated carbocycles. The Morgan fingerprint density at radius 1 is 1.16 bits per heavy atom. The van der Waals surface area contributed by atoms with Crippen molar-refractivity contribution in [1.82, 2.24) is 0 Å². The maximum Gasteiger partial charge on any atom is 0.342 e. The average molecular weight is 268 g/mol. The third-order valence-electron chi connectivity index (χ3n) is 2.39. The Labute approximate surface area is 113 Å². The molecule has 106 valence electrons. The van der Waals surface area contributed by atoms with Gasteiger partial charge in [0.1, 0.15) is 17.4 Å². The van der Waals surface area contributed by atoms with Crippen LogP contribution in [0.2, 0.25) is 0 Å². The van der Waals surface area contributed by atoms with Crippen LogP contribution >= 0.6 is 0 Å². The lowest BCUT2D eigenvalue weighted by atomic mass is 10.2. The molecule has 0 aliphatic carbocycles. The van der Waals surface area contributed by atoms with Gasteiger partial charge in [-0.1, -0.05) is 12.1 Å². The predicted octanol–water partition coefficient (Wildman–Crippen LogP) is 1.90. The number of hydrogen-bond acceptors (Lipinski definition) is 5. The average Bonchev–Trinajstić information content (AvgIpc) is 2.40. The molecule has 0 bridgehead atoms. The van der Waals surface area contributed by atoms with E-state index in [2.05, 4.69) is 0 Å². The van der Waals surface area contributed by atoms with Crippen molar-refractivity contribution in [2.45, 2.75) is 13.0 Å². The van der Waals surface area contributed by atoms with Crippen molar-refractivity contribution in [3.8, 4) is 5.75 Å². The van der Waals surface area contributed by atoms with Crippen molar-refractivity contribution >= 4 is 5.97 Å². The number of rotatable bonds is 8. The number of esters is 1. The van der Waals surface area contributed by atoms with Gasteiger partial charge < -0.3 is 18.9 Å². The Bertz CT molecular complexity index is 385. The Balaban J connectivity index is 2.75. The molecule has 1 aromatic rings. The fourth-order valence-corrected chi connectivity index (χ4v) is 1.62. The zero-order valence-corrected chi connectivity index (χ0v) is 11.5. The highest BCUT2D eigenvalue weighted by Gasteiger charge is 2.19. The van der Waals surface area contributed by atoms with Gasteiger partial charge in [-0.2, -0.15) is 0 Å². The number of ether oxygens (including phenoxy) is 4. The van der Waals surface area contributed by atoms with Gasteiger partial charge >= 0.3 is 5.97 Å². The molecule has 0 aliphatic rings. The van der Waals surface area contributed by atoms with E-state index in [0.29, 0.717) is 17.9 Å². The first-order valence-electron chi connectivity index (χ1n) is 6.13. The van der Waals surface area contributed by atoms with Crippen LogP contribution in [0, 0.1) is 0 Å². The smallest absolute Gasteiger partial charge is 0.342 e. The van der Waals surface area contributed by atoms with Crippen molar-refractivity contribution < 1.29 is 23.7 Å². The SMILES string of the molecule is CCOc1ccccc1C(=O)OC(COC)COC. The van der Waals surface area contributed by atoms with Crippen LogP contribution in [0.4, 0.5) is 0 Å². The normalized spacial score (nSPS) is 10.5. The van der Waals surface area contributed by atoms with Gasteiger partial charge in [-0.15, -0.1) is 0 Å². The molecule has 5 nitrogen and oxygen atoms in total. The fourth-order valence-electron chi connectivity index (χ4n) is 1.62. The van der Waals surface area contributed by atoms with E-state index in [1.165, 1.54) is 0 Å². The lowest BCUT2D eigenvalue weighted by molar-refractivity contribution is -0.0225. The monoisotopic (exact) mass is 268 g/mol. The van der Waals surface area contributed by atoms with E-state index in [1.54, 1.807) is 32.4 Å². The van der Waals surface area contributed by atoms with Crippen LogP contribution in [0.15, 0.2) is 24.3 Å². The van der Waals surface area contributed by atoms with E-state index in [-0.39, 0.29) is 13.2 Å². The quantitative estimate of drug-likeness (QED) is 0.674. The van der Waals surface area contributed by atoms with Gasteiger partial charge in [0.2, 0.25) is 0 Å². The molecular formula is C14H20O5. The summed E-state index contributed by atoms with van der Waals surface area (Å²) in [5, 5.41) is 0. The summed E-state index contributed by atoms with van der Waals surface area (Å²) >= 11 is 0. The largest absolute Gasteiger partial charge is 0.493 e. The lowest BCUT2D eigenvalue weighted by Gasteiger charge is -2.17. The van der Waals surface area contributed by atoms with Crippen molar-refractivity contribution in [3.05, 3.63) is 29.8 Å². The van der Waals surface area contributed by atoms with Gasteiger partial charge in [-0.05, 0) is 19.1 Å². The fraction of sp³-hybridized carbons (Fsp3) is 0.500. The van der Waals surface area contributed by atoms with Crippen LogP contribution in [0.25, 0.3) is 0 Å². The summed E-state index contributed by atoms with van der Waals surface area (Å²) in [4.78, 5) is 12.1. The Morgan fingerprint density at radius 3 is 2.37 bits per heavy atom. The first-order chi connectivity index (χ1) is 9.22. The number of hydrogen-bond donors (Lipinski definition) is 0. The summed E-state index contributed by atoms with van der Waals surface area (Å²) in [6.45, 7) is 2.93. The second-order valence-electron chi connectivity index (χ2n) is 3.87. The molecule has 0 radical (unpaired) electrons. The van der Waals surface area contributed by atoms with Crippen molar-refractivity contribution in [3.63, 3.8) is 0 Å². The van der Waals surface area contributed by atoms with Gasteiger partial charge in [0.05, 0.1) is 19.8 Å². The third-order valence-corrected chi connectivity index (χ3v) is 2.39. The minimum Gasteiger partial charge on any atom is -0.493 e. The molecule has 5 heteroatoms. The van der Waals surface area contributed by atoms with Crippen LogP contribution in [0.3, 0.4) is 0 Å². The highest BCUT2D eigenvalue weighted by Crippen LogP contribution is 2.19. The van der Waals surface area contributed by atoms with E-state index in [4.69, 9.17) is 18.9 Å². The summed E-state index contributed by atoms with van der Waals surface area (Å²) in [5.74, 6) is 0.0757. The summed E-state index contributed by atoms with van der Waals surface area (Å²) in [7, 11) is 3.09. The molecule has 0 unspecified atom stereocenters.